The minimum Gasteiger partial charge on any atom is -0.465 e. The third-order valence-electron chi connectivity index (χ3n) is 3.35. The Morgan fingerprint density at radius 3 is 2.44 bits per heavy atom. The Bertz CT molecular complexity index is 932. The summed E-state index contributed by atoms with van der Waals surface area (Å²) in [5, 5.41) is 3.93. The molecule has 0 aliphatic heterocycles. The molecule has 0 radical (unpaired) electrons. The maximum atomic E-state index is 12.3. The zero-order chi connectivity index (χ0) is 18.0. The third kappa shape index (κ3) is 3.89. The second-order valence-corrected chi connectivity index (χ2v) is 7.76. The van der Waals surface area contributed by atoms with E-state index in [4.69, 9.17) is 11.6 Å². The van der Waals surface area contributed by atoms with Crippen LogP contribution in [0.1, 0.15) is 24.2 Å². The number of nitrogens with zero attached hydrogens (tertiary/aromatic N) is 1. The van der Waals surface area contributed by atoms with Gasteiger partial charge in [0.2, 0.25) is 0 Å². The fraction of sp³-hybridized carbons (Fsp3) is 0.118. The number of esters is 1. The van der Waals surface area contributed by atoms with Crippen molar-refractivity contribution in [1.82, 2.24) is 4.98 Å². The van der Waals surface area contributed by atoms with Crippen LogP contribution in [-0.2, 0) is 4.74 Å². The number of carbonyl (C=O) groups excluding carboxylic acids is 2. The average molecular weight is 393 g/mol. The molecule has 128 valence electrons. The van der Waals surface area contributed by atoms with Gasteiger partial charge in [0.25, 0.3) is 5.91 Å². The van der Waals surface area contributed by atoms with Crippen molar-refractivity contribution in [2.45, 2.75) is 6.92 Å². The smallest absolute Gasteiger partial charge is 0.348 e. The predicted octanol–water partition coefficient (Wildman–Crippen LogP) is 4.87. The number of nitrogens with one attached hydrogen (secondary N) is 1. The van der Waals surface area contributed by atoms with E-state index in [2.05, 4.69) is 15.0 Å². The largest absolute Gasteiger partial charge is 0.465 e. The highest BCUT2D eigenvalue weighted by Crippen LogP contribution is 2.31. The Morgan fingerprint density at radius 1 is 1.08 bits per heavy atom. The van der Waals surface area contributed by atoms with Crippen molar-refractivity contribution >= 4 is 51.3 Å². The van der Waals surface area contributed by atoms with Crippen LogP contribution in [0.4, 0.5) is 5.13 Å². The van der Waals surface area contributed by atoms with E-state index >= 15 is 0 Å². The van der Waals surface area contributed by atoms with Crippen LogP contribution in [-0.4, -0.2) is 24.0 Å². The Kier molecular flexibility index (Phi) is 5.17. The zero-order valence-corrected chi connectivity index (χ0v) is 15.7. The lowest BCUT2D eigenvalue weighted by Gasteiger charge is -1.99. The van der Waals surface area contributed by atoms with Crippen LogP contribution < -0.4 is 5.32 Å². The monoisotopic (exact) mass is 392 g/mol. The summed E-state index contributed by atoms with van der Waals surface area (Å²) in [7, 11) is 1.30. The van der Waals surface area contributed by atoms with Crippen LogP contribution in [0.5, 0.6) is 0 Å². The predicted molar refractivity (Wildman–Crippen MR) is 101 cm³/mol. The van der Waals surface area contributed by atoms with Crippen molar-refractivity contribution < 1.29 is 14.3 Å². The van der Waals surface area contributed by atoms with Crippen LogP contribution >= 0.6 is 34.3 Å². The molecule has 1 N–H and O–H groups in total. The van der Waals surface area contributed by atoms with Gasteiger partial charge in [-0.15, -0.1) is 22.7 Å². The SMILES string of the molecule is COC(=O)c1ccc(C(=O)Nc2nc(-c3ccc(Cl)cc3)c(C)s2)s1. The van der Waals surface area contributed by atoms with Gasteiger partial charge in [0.1, 0.15) is 4.88 Å². The Morgan fingerprint density at radius 2 is 1.76 bits per heavy atom. The second-order valence-electron chi connectivity index (χ2n) is 5.04. The summed E-state index contributed by atoms with van der Waals surface area (Å²) in [5.74, 6) is -0.768. The van der Waals surface area contributed by atoms with Crippen LogP contribution in [0.15, 0.2) is 36.4 Å². The molecule has 0 saturated heterocycles. The fourth-order valence-corrected chi connectivity index (χ4v) is 3.93. The van der Waals surface area contributed by atoms with Gasteiger partial charge in [-0.25, -0.2) is 9.78 Å². The number of rotatable bonds is 4. The number of aryl methyl sites for hydroxylation is 1. The quantitative estimate of drug-likeness (QED) is 0.643. The number of hydrogen-bond acceptors (Lipinski definition) is 6. The van der Waals surface area contributed by atoms with Crippen molar-refractivity contribution in [2.75, 3.05) is 12.4 Å². The number of aromatic nitrogens is 1. The molecule has 1 aromatic carbocycles. The van der Waals surface area contributed by atoms with E-state index in [0.717, 1.165) is 27.5 Å². The molecule has 0 saturated carbocycles. The first-order valence-electron chi connectivity index (χ1n) is 7.21. The molecule has 0 fully saturated rings. The lowest BCUT2D eigenvalue weighted by Crippen LogP contribution is -2.09. The minimum atomic E-state index is -0.459. The first kappa shape index (κ1) is 17.6. The van der Waals surface area contributed by atoms with Gasteiger partial charge in [0.05, 0.1) is 17.7 Å². The molecule has 3 rings (SSSR count). The summed E-state index contributed by atoms with van der Waals surface area (Å²) in [4.78, 5) is 30.1. The van der Waals surface area contributed by atoms with Crippen molar-refractivity contribution in [3.05, 3.63) is 56.1 Å². The number of thiazole rings is 1. The zero-order valence-electron chi connectivity index (χ0n) is 13.3. The summed E-state index contributed by atoms with van der Waals surface area (Å²) in [6.45, 7) is 1.94. The molecular weight excluding hydrogens is 380 g/mol. The van der Waals surface area contributed by atoms with Gasteiger partial charge >= 0.3 is 5.97 Å². The highest BCUT2D eigenvalue weighted by atomic mass is 35.5. The summed E-state index contributed by atoms with van der Waals surface area (Å²) >= 11 is 8.38. The summed E-state index contributed by atoms with van der Waals surface area (Å²) < 4.78 is 4.64. The molecule has 25 heavy (non-hydrogen) atoms. The van der Waals surface area contributed by atoms with Gasteiger partial charge in [-0.3, -0.25) is 10.1 Å². The lowest BCUT2D eigenvalue weighted by atomic mass is 10.1. The molecule has 3 aromatic rings. The number of benzene rings is 1. The molecule has 0 aliphatic carbocycles. The standard InChI is InChI=1S/C17H13ClN2O3S2/c1-9-14(10-3-5-11(18)6-4-10)19-17(24-9)20-15(21)12-7-8-13(25-12)16(22)23-2/h3-8H,1-2H3,(H,19,20,21). The molecular formula is C17H13ClN2O3S2. The van der Waals surface area contributed by atoms with Gasteiger partial charge in [-0.05, 0) is 31.2 Å². The van der Waals surface area contributed by atoms with Crippen LogP contribution in [0, 0.1) is 6.92 Å². The molecule has 5 nitrogen and oxygen atoms in total. The number of ether oxygens (including phenoxy) is 1. The maximum absolute atomic E-state index is 12.3. The lowest BCUT2D eigenvalue weighted by molar-refractivity contribution is 0.0606. The van der Waals surface area contributed by atoms with E-state index in [1.54, 1.807) is 24.3 Å². The summed E-state index contributed by atoms with van der Waals surface area (Å²) in [6, 6.07) is 10.5. The number of thiophene rings is 1. The molecule has 0 bridgehead atoms. The van der Waals surface area contributed by atoms with Gasteiger partial charge in [0, 0.05) is 15.5 Å². The fourth-order valence-electron chi connectivity index (χ4n) is 2.15. The number of methoxy groups -OCH3 is 1. The third-order valence-corrected chi connectivity index (χ3v) is 5.55. The van der Waals surface area contributed by atoms with E-state index < -0.39 is 5.97 Å². The van der Waals surface area contributed by atoms with Crippen molar-refractivity contribution in [2.24, 2.45) is 0 Å². The highest BCUT2D eigenvalue weighted by Gasteiger charge is 2.17. The highest BCUT2D eigenvalue weighted by molar-refractivity contribution is 7.17. The minimum absolute atomic E-state index is 0.309. The first-order chi connectivity index (χ1) is 12.0. The van der Waals surface area contributed by atoms with E-state index in [1.165, 1.54) is 18.4 Å². The maximum Gasteiger partial charge on any atom is 0.348 e. The van der Waals surface area contributed by atoms with Crippen LogP contribution in [0.25, 0.3) is 11.3 Å². The topological polar surface area (TPSA) is 68.3 Å². The van der Waals surface area contributed by atoms with Crippen molar-refractivity contribution in [1.29, 1.82) is 0 Å². The van der Waals surface area contributed by atoms with E-state index in [1.807, 2.05) is 19.1 Å². The number of amides is 1. The van der Waals surface area contributed by atoms with Crippen LogP contribution in [0.2, 0.25) is 5.02 Å². The van der Waals surface area contributed by atoms with E-state index in [0.29, 0.717) is 19.9 Å². The Labute approximate surface area is 157 Å². The first-order valence-corrected chi connectivity index (χ1v) is 9.22. The Hall–Kier alpha value is -2.22. The number of hydrogen-bond donors (Lipinski definition) is 1. The molecule has 2 aromatic heterocycles. The van der Waals surface area contributed by atoms with Gasteiger partial charge < -0.3 is 4.74 Å². The van der Waals surface area contributed by atoms with Gasteiger partial charge in [0.15, 0.2) is 5.13 Å². The number of anilines is 1. The number of carbonyl (C=O) groups is 2. The van der Waals surface area contributed by atoms with E-state index in [-0.39, 0.29) is 5.91 Å². The molecule has 0 unspecified atom stereocenters. The molecule has 0 aliphatic rings. The molecule has 1 amide bonds. The Balaban J connectivity index is 1.78. The normalized spacial score (nSPS) is 10.5. The van der Waals surface area contributed by atoms with E-state index in [9.17, 15) is 9.59 Å². The molecule has 8 heteroatoms. The summed E-state index contributed by atoms with van der Waals surface area (Å²) in [6.07, 6.45) is 0. The van der Waals surface area contributed by atoms with Gasteiger partial charge in [-0.1, -0.05) is 23.7 Å². The average Bonchev–Trinajstić information content (AvgIpc) is 3.22. The molecule has 0 spiro atoms. The molecule has 0 atom stereocenters. The van der Waals surface area contributed by atoms with Crippen molar-refractivity contribution in [3.8, 4) is 11.3 Å². The van der Waals surface area contributed by atoms with Gasteiger partial charge in [-0.2, -0.15) is 0 Å². The molecule has 2 heterocycles. The van der Waals surface area contributed by atoms with Crippen molar-refractivity contribution in [3.63, 3.8) is 0 Å². The second kappa shape index (κ2) is 7.35. The number of halogens is 1. The summed E-state index contributed by atoms with van der Waals surface area (Å²) in [5.41, 5.74) is 1.74. The van der Waals surface area contributed by atoms with Crippen LogP contribution in [0.3, 0.4) is 0 Å².